The number of aliphatic hydroxyl groups is 1. The van der Waals surface area contributed by atoms with Crippen LogP contribution in [0.3, 0.4) is 0 Å². The molecule has 0 unspecified atom stereocenters. The van der Waals surface area contributed by atoms with E-state index >= 15 is 0 Å². The number of rotatable bonds is 9. The zero-order valence-electron chi connectivity index (χ0n) is 18.2. The average molecular weight is 459 g/mol. The van der Waals surface area contributed by atoms with Crippen molar-refractivity contribution in [3.63, 3.8) is 0 Å². The molecule has 1 N–H and O–H groups in total. The van der Waals surface area contributed by atoms with Gasteiger partial charge in [-0.15, -0.1) is 12.4 Å². The third-order valence-corrected chi connectivity index (χ3v) is 5.86. The first-order valence-electron chi connectivity index (χ1n) is 11.2. The van der Waals surface area contributed by atoms with Crippen LogP contribution in [0.2, 0.25) is 0 Å². The van der Waals surface area contributed by atoms with E-state index in [0.29, 0.717) is 29.1 Å². The van der Waals surface area contributed by atoms with E-state index in [9.17, 15) is 9.90 Å². The van der Waals surface area contributed by atoms with Crippen LogP contribution in [0.5, 0.6) is 5.75 Å². The third kappa shape index (κ3) is 6.55. The van der Waals surface area contributed by atoms with Crippen LogP contribution in [-0.2, 0) is 0 Å². The van der Waals surface area contributed by atoms with Gasteiger partial charge < -0.3 is 19.2 Å². The van der Waals surface area contributed by atoms with Gasteiger partial charge >= 0.3 is 0 Å². The molecule has 4 rings (SSSR count). The lowest BCUT2D eigenvalue weighted by molar-refractivity contribution is 0.0817. The molecule has 1 fully saturated rings. The van der Waals surface area contributed by atoms with E-state index in [4.69, 9.17) is 9.15 Å². The highest BCUT2D eigenvalue weighted by Gasteiger charge is 2.15. The van der Waals surface area contributed by atoms with Gasteiger partial charge in [0.25, 0.3) is 0 Å². The first-order chi connectivity index (χ1) is 15.2. The Morgan fingerprint density at radius 1 is 1.03 bits per heavy atom. The van der Waals surface area contributed by atoms with Gasteiger partial charge in [0.2, 0.25) is 0 Å². The van der Waals surface area contributed by atoms with Gasteiger partial charge in [-0.1, -0.05) is 12.8 Å². The summed E-state index contributed by atoms with van der Waals surface area (Å²) in [4.78, 5) is 19.0. The van der Waals surface area contributed by atoms with Crippen molar-refractivity contribution in [3.05, 3.63) is 59.0 Å². The number of ether oxygens (including phenoxy) is 1. The maximum absolute atomic E-state index is 12.6. The molecule has 7 heteroatoms. The summed E-state index contributed by atoms with van der Waals surface area (Å²) in [5.74, 6) is 1.23. The molecule has 0 amide bonds. The number of aromatic nitrogens is 1. The number of hydrogen-bond acceptors (Lipinski definition) is 6. The summed E-state index contributed by atoms with van der Waals surface area (Å²) in [7, 11) is 0. The zero-order chi connectivity index (χ0) is 21.5. The number of hydrogen-bond donors (Lipinski definition) is 1. The number of aliphatic hydroxyl groups excluding tert-OH is 1. The number of halogens is 1. The maximum atomic E-state index is 12.6. The van der Waals surface area contributed by atoms with Gasteiger partial charge in [0.05, 0.1) is 18.1 Å². The first-order valence-corrected chi connectivity index (χ1v) is 11.2. The van der Waals surface area contributed by atoms with Crippen molar-refractivity contribution in [1.29, 1.82) is 0 Å². The molecule has 1 aliphatic heterocycles. The minimum absolute atomic E-state index is 0. The predicted molar refractivity (Wildman–Crippen MR) is 129 cm³/mol. The fraction of sp³-hybridized carbons (Fsp3) is 0.440. The second-order valence-electron chi connectivity index (χ2n) is 8.20. The number of pyridine rings is 1. The summed E-state index contributed by atoms with van der Waals surface area (Å²) in [6.07, 6.45) is 9.55. The summed E-state index contributed by atoms with van der Waals surface area (Å²) >= 11 is 0. The van der Waals surface area contributed by atoms with Crippen LogP contribution < -0.4 is 10.2 Å². The summed E-state index contributed by atoms with van der Waals surface area (Å²) in [5.41, 5.74) is 1.30. The van der Waals surface area contributed by atoms with E-state index < -0.39 is 0 Å². The minimum atomic E-state index is -0.0988. The van der Waals surface area contributed by atoms with Gasteiger partial charge in [0, 0.05) is 37.1 Å². The van der Waals surface area contributed by atoms with Gasteiger partial charge in [-0.05, 0) is 62.6 Å². The second-order valence-corrected chi connectivity index (χ2v) is 8.20. The molecule has 1 aliphatic rings. The number of piperidine rings is 1. The fourth-order valence-corrected chi connectivity index (χ4v) is 4.01. The molecule has 32 heavy (non-hydrogen) atoms. The minimum Gasteiger partial charge on any atom is -0.494 e. The van der Waals surface area contributed by atoms with Crippen LogP contribution in [0.25, 0.3) is 22.3 Å². The van der Waals surface area contributed by atoms with Gasteiger partial charge in [-0.3, -0.25) is 9.78 Å². The van der Waals surface area contributed by atoms with Gasteiger partial charge in [0.15, 0.2) is 5.43 Å². The number of unbranched alkanes of at least 4 members (excludes halogenated alkanes) is 3. The highest BCUT2D eigenvalue weighted by atomic mass is 35.5. The second kappa shape index (κ2) is 12.0. The summed E-state index contributed by atoms with van der Waals surface area (Å²) in [5, 5.41) is 10.1. The fourth-order valence-electron chi connectivity index (χ4n) is 4.01. The third-order valence-electron chi connectivity index (χ3n) is 5.86. The van der Waals surface area contributed by atoms with Gasteiger partial charge in [-0.2, -0.15) is 0 Å². The van der Waals surface area contributed by atoms with Crippen LogP contribution in [0.1, 0.15) is 38.5 Å². The Morgan fingerprint density at radius 3 is 2.56 bits per heavy atom. The van der Waals surface area contributed by atoms with Crippen LogP contribution in [0.15, 0.2) is 58.0 Å². The Labute approximate surface area is 194 Å². The molecular formula is C25H31ClN2O4. The normalized spacial score (nSPS) is 14.9. The van der Waals surface area contributed by atoms with Crippen molar-refractivity contribution >= 4 is 23.4 Å². The summed E-state index contributed by atoms with van der Waals surface area (Å²) in [6, 6.07) is 10.6. The lowest BCUT2D eigenvalue weighted by atomic mass is 10.1. The molecule has 0 saturated carbocycles. The molecule has 0 radical (unpaired) electrons. The topological polar surface area (TPSA) is 75.8 Å². The Balaban J connectivity index is 0.00000289. The SMILES string of the molecule is Cl.O=c1cc(-c2ccncc2)oc2ccc(OCCCCCCN3CCC(O)CC3)cc12. The Bertz CT molecular complexity index is 1030. The molecule has 0 atom stereocenters. The van der Waals surface area contributed by atoms with Crippen molar-refractivity contribution in [3.8, 4) is 17.1 Å². The first kappa shape index (κ1) is 24.2. The standard InChI is InChI=1S/C25H30N2O4.ClH/c28-20-9-14-27(15-10-20)13-3-1-2-4-16-30-21-5-6-24-22(17-21)23(29)18-25(31-24)19-7-11-26-12-8-19;/h5-8,11-12,17-18,20,28H,1-4,9-10,13-16H2;1H. The number of fused-ring (bicyclic) bond motifs is 1. The highest BCUT2D eigenvalue weighted by Crippen LogP contribution is 2.24. The van der Waals surface area contributed by atoms with Crippen molar-refractivity contribution < 1.29 is 14.3 Å². The average Bonchev–Trinajstić information content (AvgIpc) is 2.80. The molecule has 3 aromatic rings. The number of nitrogens with zero attached hydrogens (tertiary/aromatic N) is 2. The lowest BCUT2D eigenvalue weighted by Gasteiger charge is -2.29. The molecular weight excluding hydrogens is 428 g/mol. The largest absolute Gasteiger partial charge is 0.494 e. The molecule has 3 heterocycles. The quantitative estimate of drug-likeness (QED) is 0.469. The zero-order valence-corrected chi connectivity index (χ0v) is 19.1. The van der Waals surface area contributed by atoms with E-state index in [1.54, 1.807) is 24.5 Å². The van der Waals surface area contributed by atoms with E-state index in [1.165, 1.54) is 18.9 Å². The predicted octanol–water partition coefficient (Wildman–Crippen LogP) is 4.67. The molecule has 1 aromatic carbocycles. The van der Waals surface area contributed by atoms with Crippen molar-refractivity contribution in [1.82, 2.24) is 9.88 Å². The van der Waals surface area contributed by atoms with E-state index in [1.807, 2.05) is 18.2 Å². The molecule has 0 spiro atoms. The summed E-state index contributed by atoms with van der Waals surface area (Å²) in [6.45, 7) is 3.80. The van der Waals surface area contributed by atoms with Crippen molar-refractivity contribution in [2.24, 2.45) is 0 Å². The lowest BCUT2D eigenvalue weighted by Crippen LogP contribution is -2.36. The van der Waals surface area contributed by atoms with E-state index in [-0.39, 0.29) is 23.9 Å². The Kier molecular flexibility index (Phi) is 9.09. The number of benzene rings is 1. The monoisotopic (exact) mass is 458 g/mol. The molecule has 1 saturated heterocycles. The van der Waals surface area contributed by atoms with E-state index in [2.05, 4.69) is 9.88 Å². The van der Waals surface area contributed by atoms with Gasteiger partial charge in [-0.25, -0.2) is 0 Å². The molecule has 0 aliphatic carbocycles. The Morgan fingerprint density at radius 2 is 1.78 bits per heavy atom. The van der Waals surface area contributed by atoms with E-state index in [0.717, 1.165) is 50.9 Å². The van der Waals surface area contributed by atoms with Crippen LogP contribution in [0.4, 0.5) is 0 Å². The molecule has 0 bridgehead atoms. The highest BCUT2D eigenvalue weighted by molar-refractivity contribution is 5.85. The molecule has 172 valence electrons. The number of likely N-dealkylation sites (tertiary alicyclic amines) is 1. The van der Waals surface area contributed by atoms with Crippen LogP contribution in [0, 0.1) is 0 Å². The van der Waals surface area contributed by atoms with Crippen LogP contribution >= 0.6 is 12.4 Å². The van der Waals surface area contributed by atoms with Gasteiger partial charge in [0.1, 0.15) is 17.1 Å². The van der Waals surface area contributed by atoms with Crippen LogP contribution in [-0.4, -0.2) is 47.3 Å². The van der Waals surface area contributed by atoms with Crippen molar-refractivity contribution in [2.75, 3.05) is 26.2 Å². The van der Waals surface area contributed by atoms with Crippen molar-refractivity contribution in [2.45, 2.75) is 44.6 Å². The summed E-state index contributed by atoms with van der Waals surface area (Å²) < 4.78 is 11.8. The smallest absolute Gasteiger partial charge is 0.193 e. The molecule has 2 aromatic heterocycles. The maximum Gasteiger partial charge on any atom is 0.193 e. The Hall–Kier alpha value is -2.41. The molecule has 6 nitrogen and oxygen atoms in total.